The third-order valence-corrected chi connectivity index (χ3v) is 5.98. The van der Waals surface area contributed by atoms with Gasteiger partial charge in [-0.15, -0.1) is 0 Å². The lowest BCUT2D eigenvalue weighted by Gasteiger charge is -2.27. The summed E-state index contributed by atoms with van der Waals surface area (Å²) in [5, 5.41) is 3.87. The van der Waals surface area contributed by atoms with Crippen LogP contribution in [0.4, 0.5) is 14.6 Å². The smallest absolute Gasteiger partial charge is 0.228 e. The van der Waals surface area contributed by atoms with Gasteiger partial charge in [0.25, 0.3) is 0 Å². The van der Waals surface area contributed by atoms with E-state index in [0.29, 0.717) is 36.5 Å². The molecule has 32 heavy (non-hydrogen) atoms. The van der Waals surface area contributed by atoms with Crippen LogP contribution < -0.4 is 5.32 Å². The van der Waals surface area contributed by atoms with E-state index in [4.69, 9.17) is 0 Å². The minimum Gasteiger partial charge on any atom is -0.346 e. The van der Waals surface area contributed by atoms with Crippen molar-refractivity contribution in [2.24, 2.45) is 5.92 Å². The first-order chi connectivity index (χ1) is 15.5. The van der Waals surface area contributed by atoms with Crippen LogP contribution in [0.25, 0.3) is 16.6 Å². The lowest BCUT2D eigenvalue weighted by Crippen LogP contribution is -2.35. The van der Waals surface area contributed by atoms with E-state index in [1.807, 2.05) is 24.4 Å². The van der Waals surface area contributed by atoms with Gasteiger partial charge in [0.2, 0.25) is 11.8 Å². The quantitative estimate of drug-likeness (QED) is 0.634. The molecule has 5 rings (SSSR count). The Kier molecular flexibility index (Phi) is 5.20. The summed E-state index contributed by atoms with van der Waals surface area (Å²) in [6.45, 7) is 0.947. The van der Waals surface area contributed by atoms with Crippen LogP contribution in [-0.4, -0.2) is 39.8 Å². The number of fused-ring (bicyclic) bond motifs is 1. The first-order valence-electron chi connectivity index (χ1n) is 10.7. The van der Waals surface area contributed by atoms with Gasteiger partial charge in [-0.25, -0.2) is 13.8 Å². The van der Waals surface area contributed by atoms with Crippen LogP contribution in [0.15, 0.2) is 42.6 Å². The molecule has 0 unspecified atom stereocenters. The van der Waals surface area contributed by atoms with Crippen LogP contribution >= 0.6 is 0 Å². The average molecular weight is 436 g/mol. The highest BCUT2D eigenvalue weighted by Crippen LogP contribution is 2.33. The number of benzene rings is 1. The Hall–Kier alpha value is -3.55. The zero-order chi connectivity index (χ0) is 22.2. The summed E-state index contributed by atoms with van der Waals surface area (Å²) in [6.07, 6.45) is 6.32. The molecule has 3 aromatic rings. The summed E-state index contributed by atoms with van der Waals surface area (Å²) in [7, 11) is 0. The van der Waals surface area contributed by atoms with Gasteiger partial charge >= 0.3 is 0 Å². The summed E-state index contributed by atoms with van der Waals surface area (Å²) in [5.41, 5.74) is 3.21. The van der Waals surface area contributed by atoms with Crippen molar-refractivity contribution in [3.63, 3.8) is 0 Å². The number of nitrogens with one attached hydrogen (secondary N) is 2. The van der Waals surface area contributed by atoms with Crippen molar-refractivity contribution in [3.8, 4) is 0 Å². The Morgan fingerprint density at radius 1 is 1.16 bits per heavy atom. The van der Waals surface area contributed by atoms with E-state index in [1.54, 1.807) is 4.90 Å². The molecule has 1 saturated carbocycles. The molecule has 2 aliphatic rings. The molecule has 0 radical (unpaired) electrons. The van der Waals surface area contributed by atoms with Crippen molar-refractivity contribution in [1.82, 2.24) is 14.9 Å². The van der Waals surface area contributed by atoms with E-state index < -0.39 is 11.6 Å². The Labute approximate surface area is 183 Å². The molecule has 2 N–H and O–H groups in total. The van der Waals surface area contributed by atoms with E-state index >= 15 is 0 Å². The minimum absolute atomic E-state index is 0.000909. The van der Waals surface area contributed by atoms with Gasteiger partial charge in [-0.05, 0) is 60.2 Å². The molecule has 2 aromatic heterocycles. The molecule has 0 atom stereocenters. The fourth-order valence-electron chi connectivity index (χ4n) is 4.02. The molecule has 3 heterocycles. The molecule has 8 heteroatoms. The third-order valence-electron chi connectivity index (χ3n) is 5.98. The van der Waals surface area contributed by atoms with Gasteiger partial charge in [0, 0.05) is 30.6 Å². The lowest BCUT2D eigenvalue weighted by molar-refractivity contribution is -0.130. The number of carbonyl (C=O) groups is 2. The van der Waals surface area contributed by atoms with Gasteiger partial charge in [-0.1, -0.05) is 12.1 Å². The molecule has 0 saturated heterocycles. The summed E-state index contributed by atoms with van der Waals surface area (Å²) in [5.74, 6) is -1.40. The number of pyridine rings is 1. The first kappa shape index (κ1) is 20.4. The SMILES string of the molecule is O=C(Nc1cc(C2=CCN(C(=O)Cc3ccc(F)c(F)c3)CC2)c2cc[nH]c2n1)C1CC1. The number of hydrogen-bond acceptors (Lipinski definition) is 3. The molecule has 1 aromatic carbocycles. The van der Waals surface area contributed by atoms with E-state index in [2.05, 4.69) is 15.3 Å². The fourth-order valence-corrected chi connectivity index (χ4v) is 4.02. The standard InChI is InChI=1S/C24H22F2N4O2/c25-19-4-1-14(11-20(19)26)12-22(31)30-9-6-15(7-10-30)18-13-21(29-24(32)16-2-3-16)28-23-17(18)5-8-27-23/h1,4-6,8,11,13,16H,2-3,7,9-10,12H2,(H2,27,28,29,32). The fraction of sp³-hybridized carbons (Fsp3) is 0.292. The number of aromatic amines is 1. The van der Waals surface area contributed by atoms with Crippen molar-refractivity contribution in [2.75, 3.05) is 18.4 Å². The summed E-state index contributed by atoms with van der Waals surface area (Å²) in [6, 6.07) is 7.37. The molecular weight excluding hydrogens is 414 g/mol. The predicted molar refractivity (Wildman–Crippen MR) is 117 cm³/mol. The second-order valence-electron chi connectivity index (χ2n) is 8.30. The van der Waals surface area contributed by atoms with Crippen LogP contribution in [0, 0.1) is 17.6 Å². The summed E-state index contributed by atoms with van der Waals surface area (Å²) < 4.78 is 26.5. The van der Waals surface area contributed by atoms with Crippen molar-refractivity contribution in [3.05, 3.63) is 65.4 Å². The van der Waals surface area contributed by atoms with Crippen LogP contribution in [0.1, 0.15) is 30.4 Å². The molecule has 1 aliphatic carbocycles. The second-order valence-corrected chi connectivity index (χ2v) is 8.30. The van der Waals surface area contributed by atoms with Crippen LogP contribution in [-0.2, 0) is 16.0 Å². The largest absolute Gasteiger partial charge is 0.346 e. The van der Waals surface area contributed by atoms with Gasteiger partial charge in [0.05, 0.1) is 6.42 Å². The average Bonchev–Trinajstić information content (AvgIpc) is 3.54. The molecule has 1 aliphatic heterocycles. The lowest BCUT2D eigenvalue weighted by atomic mass is 9.97. The van der Waals surface area contributed by atoms with Crippen molar-refractivity contribution in [1.29, 1.82) is 0 Å². The predicted octanol–water partition coefficient (Wildman–Crippen LogP) is 4.05. The maximum atomic E-state index is 13.4. The van der Waals surface area contributed by atoms with E-state index in [9.17, 15) is 18.4 Å². The number of hydrogen-bond donors (Lipinski definition) is 2. The highest BCUT2D eigenvalue weighted by molar-refractivity contribution is 5.97. The highest BCUT2D eigenvalue weighted by Gasteiger charge is 2.30. The topological polar surface area (TPSA) is 78.1 Å². The first-order valence-corrected chi connectivity index (χ1v) is 10.7. The number of carbonyl (C=O) groups excluding carboxylic acids is 2. The van der Waals surface area contributed by atoms with Gasteiger partial charge in [-0.3, -0.25) is 9.59 Å². The van der Waals surface area contributed by atoms with Gasteiger partial charge in [0.15, 0.2) is 11.6 Å². The summed E-state index contributed by atoms with van der Waals surface area (Å²) in [4.78, 5) is 34.1. The van der Waals surface area contributed by atoms with Gasteiger partial charge in [-0.2, -0.15) is 0 Å². The van der Waals surface area contributed by atoms with Crippen LogP contribution in [0.2, 0.25) is 0 Å². The van der Waals surface area contributed by atoms with Crippen LogP contribution in [0.3, 0.4) is 0 Å². The van der Waals surface area contributed by atoms with Crippen LogP contribution in [0.5, 0.6) is 0 Å². The third kappa shape index (κ3) is 4.12. The Morgan fingerprint density at radius 2 is 2.00 bits per heavy atom. The van der Waals surface area contributed by atoms with E-state index in [0.717, 1.165) is 41.5 Å². The zero-order valence-corrected chi connectivity index (χ0v) is 17.3. The number of nitrogens with zero attached hydrogens (tertiary/aromatic N) is 2. The number of amides is 2. The molecule has 164 valence electrons. The normalized spacial score (nSPS) is 16.2. The molecule has 2 amide bonds. The highest BCUT2D eigenvalue weighted by atomic mass is 19.2. The van der Waals surface area contributed by atoms with Gasteiger partial charge in [0.1, 0.15) is 11.5 Å². The number of H-pyrrole nitrogens is 1. The molecule has 0 bridgehead atoms. The number of anilines is 1. The molecule has 1 fully saturated rings. The second kappa shape index (κ2) is 8.18. The van der Waals surface area contributed by atoms with E-state index in [-0.39, 0.29) is 24.2 Å². The van der Waals surface area contributed by atoms with Crippen molar-refractivity contribution in [2.45, 2.75) is 25.7 Å². The molecule has 0 spiro atoms. The molecule has 6 nitrogen and oxygen atoms in total. The van der Waals surface area contributed by atoms with E-state index in [1.165, 1.54) is 6.07 Å². The zero-order valence-electron chi connectivity index (χ0n) is 17.3. The monoisotopic (exact) mass is 436 g/mol. The number of aromatic nitrogens is 2. The summed E-state index contributed by atoms with van der Waals surface area (Å²) >= 11 is 0. The van der Waals surface area contributed by atoms with Crippen molar-refractivity contribution < 1.29 is 18.4 Å². The molecular formula is C24H22F2N4O2. The van der Waals surface area contributed by atoms with Gasteiger partial charge < -0.3 is 15.2 Å². The Balaban J connectivity index is 1.32. The van der Waals surface area contributed by atoms with Crippen molar-refractivity contribution >= 4 is 34.2 Å². The number of rotatable bonds is 5. The minimum atomic E-state index is -0.950. The maximum absolute atomic E-state index is 13.4. The Bertz CT molecular complexity index is 1250. The maximum Gasteiger partial charge on any atom is 0.228 e. The number of halogens is 2. The Morgan fingerprint density at radius 3 is 2.72 bits per heavy atom.